The van der Waals surface area contributed by atoms with Gasteiger partial charge in [0.05, 0.1) is 6.54 Å². The lowest BCUT2D eigenvalue weighted by molar-refractivity contribution is -0.128. The third-order valence-corrected chi connectivity index (χ3v) is 4.77. The number of carbonyl (C=O) groups excluding carboxylic acids is 1. The van der Waals surface area contributed by atoms with Crippen LogP contribution in [0.2, 0.25) is 0 Å². The van der Waals surface area contributed by atoms with E-state index in [4.69, 9.17) is 4.74 Å². The molecular weight excluding hydrogens is 305 g/mol. The summed E-state index contributed by atoms with van der Waals surface area (Å²) in [7, 11) is 0. The first-order chi connectivity index (χ1) is 10.5. The van der Waals surface area contributed by atoms with Crippen molar-refractivity contribution >= 4 is 17.2 Å². The van der Waals surface area contributed by atoms with Gasteiger partial charge in [-0.15, -0.1) is 11.3 Å². The van der Waals surface area contributed by atoms with Crippen molar-refractivity contribution in [2.75, 3.05) is 6.54 Å². The molecule has 2 aromatic rings. The molecule has 0 aliphatic carbocycles. The van der Waals surface area contributed by atoms with Gasteiger partial charge in [0.25, 0.3) is 5.91 Å². The van der Waals surface area contributed by atoms with E-state index < -0.39 is 11.7 Å². The molecule has 116 valence electrons. The van der Waals surface area contributed by atoms with Gasteiger partial charge in [0, 0.05) is 16.9 Å². The quantitative estimate of drug-likeness (QED) is 0.908. The lowest BCUT2D eigenvalue weighted by atomic mass is 10.0. The Balaban J connectivity index is 1.60. The second-order valence-electron chi connectivity index (χ2n) is 5.53. The van der Waals surface area contributed by atoms with Crippen LogP contribution < -0.4 is 10.1 Å². The average molecular weight is 321 g/mol. The number of ether oxygens (including phenoxy) is 1. The van der Waals surface area contributed by atoms with Crippen molar-refractivity contribution in [1.29, 1.82) is 0 Å². The van der Waals surface area contributed by atoms with Crippen LogP contribution in [0.1, 0.15) is 17.4 Å². The van der Waals surface area contributed by atoms with E-state index in [0.717, 1.165) is 4.88 Å². The first kappa shape index (κ1) is 15.0. The molecule has 1 aromatic carbocycles. The summed E-state index contributed by atoms with van der Waals surface area (Å²) < 4.78 is 18.7. The van der Waals surface area contributed by atoms with Crippen LogP contribution in [0, 0.1) is 5.82 Å². The first-order valence-corrected chi connectivity index (χ1v) is 7.83. The van der Waals surface area contributed by atoms with Crippen molar-refractivity contribution in [3.05, 3.63) is 52.0 Å². The SMILES string of the molecule is C[C@@](O)(CNC(=O)[C@H]1Cc2cc(F)ccc2O1)c1cccs1. The van der Waals surface area contributed by atoms with E-state index in [1.807, 2.05) is 17.5 Å². The van der Waals surface area contributed by atoms with Crippen molar-refractivity contribution in [2.45, 2.75) is 25.0 Å². The molecule has 0 radical (unpaired) electrons. The summed E-state index contributed by atoms with van der Waals surface area (Å²) in [5.41, 5.74) is -0.438. The van der Waals surface area contributed by atoms with E-state index in [9.17, 15) is 14.3 Å². The minimum atomic E-state index is -1.12. The molecule has 4 nitrogen and oxygen atoms in total. The number of carbonyl (C=O) groups is 1. The molecular formula is C16H16FNO3S. The molecule has 0 saturated heterocycles. The number of thiophene rings is 1. The number of hydrogen-bond acceptors (Lipinski definition) is 4. The zero-order valence-electron chi connectivity index (χ0n) is 12.0. The van der Waals surface area contributed by atoms with Crippen LogP contribution >= 0.6 is 11.3 Å². The monoisotopic (exact) mass is 321 g/mol. The second kappa shape index (κ2) is 5.70. The Hall–Kier alpha value is -1.92. The standard InChI is InChI=1S/C16H16FNO3S/c1-16(20,14-3-2-6-22-14)9-18-15(19)13-8-10-7-11(17)4-5-12(10)21-13/h2-7,13,20H,8-9H2,1H3,(H,18,19)/t13-,16-/m1/s1. The van der Waals surface area contributed by atoms with E-state index >= 15 is 0 Å². The number of fused-ring (bicyclic) bond motifs is 1. The third-order valence-electron chi connectivity index (χ3n) is 3.65. The molecule has 0 spiro atoms. The van der Waals surface area contributed by atoms with Crippen LogP contribution in [0.25, 0.3) is 0 Å². The molecule has 1 aliphatic heterocycles. The minimum absolute atomic E-state index is 0.0942. The molecule has 22 heavy (non-hydrogen) atoms. The molecule has 0 bridgehead atoms. The van der Waals surface area contributed by atoms with Gasteiger partial charge in [-0.1, -0.05) is 6.07 Å². The van der Waals surface area contributed by atoms with E-state index in [2.05, 4.69) is 5.32 Å². The molecule has 0 unspecified atom stereocenters. The van der Waals surface area contributed by atoms with E-state index in [-0.39, 0.29) is 18.3 Å². The number of aliphatic hydroxyl groups is 1. The maximum atomic E-state index is 13.2. The summed E-state index contributed by atoms with van der Waals surface area (Å²) >= 11 is 1.43. The smallest absolute Gasteiger partial charge is 0.261 e. The average Bonchev–Trinajstić information content (AvgIpc) is 3.13. The highest BCUT2D eigenvalue weighted by Crippen LogP contribution is 2.29. The lowest BCUT2D eigenvalue weighted by Crippen LogP contribution is -2.44. The zero-order chi connectivity index (χ0) is 15.7. The zero-order valence-corrected chi connectivity index (χ0v) is 12.8. The fourth-order valence-corrected chi connectivity index (χ4v) is 3.20. The fourth-order valence-electron chi connectivity index (χ4n) is 2.41. The van der Waals surface area contributed by atoms with Gasteiger partial charge >= 0.3 is 0 Å². The van der Waals surface area contributed by atoms with Crippen molar-refractivity contribution in [2.24, 2.45) is 0 Å². The van der Waals surface area contributed by atoms with Gasteiger partial charge in [-0.3, -0.25) is 4.79 Å². The number of amides is 1. The molecule has 2 heterocycles. The molecule has 2 N–H and O–H groups in total. The maximum absolute atomic E-state index is 13.2. The van der Waals surface area contributed by atoms with Crippen LogP contribution in [0.4, 0.5) is 4.39 Å². The fraction of sp³-hybridized carbons (Fsp3) is 0.312. The minimum Gasteiger partial charge on any atom is -0.480 e. The van der Waals surface area contributed by atoms with Gasteiger partial charge in [0.2, 0.25) is 0 Å². The van der Waals surface area contributed by atoms with Gasteiger partial charge in [-0.25, -0.2) is 4.39 Å². The van der Waals surface area contributed by atoms with Gasteiger partial charge < -0.3 is 15.2 Å². The highest BCUT2D eigenvalue weighted by atomic mass is 32.1. The molecule has 1 aromatic heterocycles. The van der Waals surface area contributed by atoms with Crippen LogP contribution in [-0.2, 0) is 16.8 Å². The topological polar surface area (TPSA) is 58.6 Å². The third kappa shape index (κ3) is 2.98. The Bertz CT molecular complexity index is 685. The first-order valence-electron chi connectivity index (χ1n) is 6.95. The van der Waals surface area contributed by atoms with Crippen molar-refractivity contribution in [3.8, 4) is 5.75 Å². The van der Waals surface area contributed by atoms with Gasteiger partial charge in [-0.05, 0) is 36.6 Å². The molecule has 1 amide bonds. The van der Waals surface area contributed by atoms with Gasteiger partial charge in [0.1, 0.15) is 17.2 Å². The number of nitrogens with one attached hydrogen (secondary N) is 1. The molecule has 0 saturated carbocycles. The van der Waals surface area contributed by atoms with Crippen molar-refractivity contribution in [3.63, 3.8) is 0 Å². The van der Waals surface area contributed by atoms with Gasteiger partial charge in [-0.2, -0.15) is 0 Å². The summed E-state index contributed by atoms with van der Waals surface area (Å²) in [5, 5.41) is 15.0. The predicted molar refractivity (Wildman–Crippen MR) is 81.4 cm³/mol. The number of benzene rings is 1. The normalized spacial score (nSPS) is 19.1. The van der Waals surface area contributed by atoms with E-state index in [1.54, 1.807) is 6.92 Å². The molecule has 2 atom stereocenters. The van der Waals surface area contributed by atoms with Crippen LogP contribution in [0.3, 0.4) is 0 Å². The summed E-state index contributed by atoms with van der Waals surface area (Å²) in [6, 6.07) is 7.88. The Labute approximate surface area is 131 Å². The van der Waals surface area contributed by atoms with E-state index in [1.165, 1.54) is 29.5 Å². The van der Waals surface area contributed by atoms with Crippen LogP contribution in [0.5, 0.6) is 5.75 Å². The maximum Gasteiger partial charge on any atom is 0.261 e. The van der Waals surface area contributed by atoms with Crippen LogP contribution in [-0.4, -0.2) is 23.7 Å². The highest BCUT2D eigenvalue weighted by Gasteiger charge is 2.31. The highest BCUT2D eigenvalue weighted by molar-refractivity contribution is 7.10. The number of rotatable bonds is 4. The second-order valence-corrected chi connectivity index (χ2v) is 6.48. The van der Waals surface area contributed by atoms with Crippen LogP contribution in [0.15, 0.2) is 35.7 Å². The summed E-state index contributed by atoms with van der Waals surface area (Å²) in [5.74, 6) is -0.121. The summed E-state index contributed by atoms with van der Waals surface area (Å²) in [4.78, 5) is 13.0. The summed E-state index contributed by atoms with van der Waals surface area (Å²) in [6.45, 7) is 1.75. The molecule has 6 heteroatoms. The Morgan fingerprint density at radius 1 is 1.55 bits per heavy atom. The lowest BCUT2D eigenvalue weighted by Gasteiger charge is -2.23. The molecule has 0 fully saturated rings. The molecule has 3 rings (SSSR count). The van der Waals surface area contributed by atoms with Crippen molar-refractivity contribution in [1.82, 2.24) is 5.32 Å². The van der Waals surface area contributed by atoms with Gasteiger partial charge in [0.15, 0.2) is 6.10 Å². The van der Waals surface area contributed by atoms with E-state index in [0.29, 0.717) is 17.7 Å². The molecule has 1 aliphatic rings. The largest absolute Gasteiger partial charge is 0.480 e. The Kier molecular flexibility index (Phi) is 3.88. The Morgan fingerprint density at radius 3 is 3.09 bits per heavy atom. The summed E-state index contributed by atoms with van der Waals surface area (Å²) in [6.07, 6.45) is -0.351. The van der Waals surface area contributed by atoms with Crippen molar-refractivity contribution < 1.29 is 19.0 Å². The number of halogens is 1. The number of hydrogen-bond donors (Lipinski definition) is 2. The predicted octanol–water partition coefficient (Wildman–Crippen LogP) is 2.21. The Morgan fingerprint density at radius 2 is 2.36 bits per heavy atom.